The van der Waals surface area contributed by atoms with Crippen molar-refractivity contribution < 1.29 is 31.2 Å². The fourth-order valence-corrected chi connectivity index (χ4v) is 5.73. The fraction of sp³-hybridized carbons (Fsp3) is 0.357. The van der Waals surface area contributed by atoms with Gasteiger partial charge in [0.1, 0.15) is 6.54 Å². The quantitative estimate of drug-likeness (QED) is 0.485. The van der Waals surface area contributed by atoms with Crippen LogP contribution < -0.4 is 15.5 Å². The molecule has 0 unspecified atom stereocenters. The van der Waals surface area contributed by atoms with E-state index in [-0.39, 0.29) is 34.9 Å². The molecule has 0 bridgehead atoms. The van der Waals surface area contributed by atoms with Crippen LogP contribution in [0.1, 0.15) is 16.8 Å². The second-order valence-electron chi connectivity index (χ2n) is 6.13. The van der Waals surface area contributed by atoms with E-state index in [0.717, 1.165) is 5.01 Å². The second-order valence-corrected chi connectivity index (χ2v) is 10.1. The highest BCUT2D eigenvalue weighted by atomic mass is 32.2. The fourth-order valence-electron chi connectivity index (χ4n) is 2.68. The van der Waals surface area contributed by atoms with Gasteiger partial charge in [0.25, 0.3) is 5.91 Å². The number of sulfone groups is 1. The zero-order chi connectivity index (χ0) is 19.8. The van der Waals surface area contributed by atoms with Crippen molar-refractivity contribution in [2.75, 3.05) is 18.1 Å². The number of benzene rings is 1. The number of hydrogen-bond acceptors (Lipinski definition) is 7. The summed E-state index contributed by atoms with van der Waals surface area (Å²) in [5.74, 6) is -1.56. The maximum absolute atomic E-state index is 12.3. The van der Waals surface area contributed by atoms with Gasteiger partial charge < -0.3 is 0 Å². The second kappa shape index (κ2) is 6.90. The molecular weight excluding hydrogens is 400 g/mol. The molecule has 13 heteroatoms. The number of sulfonamides is 1. The molecule has 0 aliphatic carbocycles. The first kappa shape index (κ1) is 19.3. The van der Waals surface area contributed by atoms with Gasteiger partial charge in [0.15, 0.2) is 9.84 Å². The highest BCUT2D eigenvalue weighted by molar-refractivity contribution is 7.92. The van der Waals surface area contributed by atoms with Crippen LogP contribution in [0.5, 0.6) is 0 Å². The molecule has 0 saturated carbocycles. The first-order valence-corrected chi connectivity index (χ1v) is 11.1. The van der Waals surface area contributed by atoms with Crippen molar-refractivity contribution in [3.63, 3.8) is 0 Å². The molecule has 2 fully saturated rings. The molecule has 0 radical (unpaired) electrons. The van der Waals surface area contributed by atoms with E-state index < -0.39 is 43.7 Å². The van der Waals surface area contributed by atoms with E-state index in [1.807, 2.05) is 5.32 Å². The van der Waals surface area contributed by atoms with Crippen LogP contribution >= 0.6 is 0 Å². The lowest BCUT2D eigenvalue weighted by Gasteiger charge is -2.15. The number of rotatable bonds is 5. The number of hydrazine groups is 1. The van der Waals surface area contributed by atoms with Gasteiger partial charge in [-0.15, -0.1) is 0 Å². The molecule has 3 N–H and O–H groups in total. The Balaban J connectivity index is 1.66. The van der Waals surface area contributed by atoms with Crippen molar-refractivity contribution in [2.45, 2.75) is 17.4 Å². The average molecular weight is 416 g/mol. The van der Waals surface area contributed by atoms with Crippen molar-refractivity contribution in [1.29, 1.82) is 0 Å². The third-order valence-corrected chi connectivity index (χ3v) is 7.32. The Bertz CT molecular complexity index is 1000. The number of carbonyl (C=O) groups excluding carboxylic acids is 3. The molecule has 11 nitrogen and oxygen atoms in total. The van der Waals surface area contributed by atoms with Crippen LogP contribution in [0.4, 0.5) is 4.79 Å². The van der Waals surface area contributed by atoms with Crippen LogP contribution in [0.15, 0.2) is 29.2 Å². The molecule has 2 heterocycles. The maximum atomic E-state index is 12.3. The minimum atomic E-state index is -3.94. The summed E-state index contributed by atoms with van der Waals surface area (Å²) < 4.78 is 49.9. The van der Waals surface area contributed by atoms with Gasteiger partial charge in [0.05, 0.1) is 16.4 Å². The van der Waals surface area contributed by atoms with Gasteiger partial charge in [-0.1, -0.05) is 0 Å². The van der Waals surface area contributed by atoms with Crippen LogP contribution in [0, 0.1) is 0 Å². The van der Waals surface area contributed by atoms with Crippen molar-refractivity contribution in [3.8, 4) is 0 Å². The predicted octanol–water partition coefficient (Wildman–Crippen LogP) is -1.65. The Labute approximate surface area is 155 Å². The van der Waals surface area contributed by atoms with E-state index in [1.165, 1.54) is 24.3 Å². The summed E-state index contributed by atoms with van der Waals surface area (Å²) in [5.41, 5.74) is 2.30. The molecule has 2 aliphatic rings. The van der Waals surface area contributed by atoms with Gasteiger partial charge in [-0.3, -0.25) is 20.3 Å². The van der Waals surface area contributed by atoms with Crippen molar-refractivity contribution in [2.24, 2.45) is 0 Å². The van der Waals surface area contributed by atoms with Crippen LogP contribution in [0.3, 0.4) is 0 Å². The van der Waals surface area contributed by atoms with Crippen molar-refractivity contribution in [3.05, 3.63) is 29.8 Å². The van der Waals surface area contributed by atoms with E-state index in [9.17, 15) is 31.2 Å². The molecule has 1 aromatic rings. The van der Waals surface area contributed by atoms with Crippen LogP contribution in [-0.4, -0.2) is 63.8 Å². The summed E-state index contributed by atoms with van der Waals surface area (Å²) >= 11 is 0. The largest absolute Gasteiger partial charge is 0.343 e. The highest BCUT2D eigenvalue weighted by Gasteiger charge is 2.32. The average Bonchev–Trinajstić information content (AvgIpc) is 3.07. The summed E-state index contributed by atoms with van der Waals surface area (Å²) in [6.07, 6.45) is 0.207. The lowest BCUT2D eigenvalue weighted by atomic mass is 10.2. The standard InChI is InChI=1S/C14H16N4O7S2/c19-12-7-18(14(21)15-12)16-13(20)9-1-3-11(4-2-9)27(24,25)17-10-5-6-26(22,23)8-10/h1-4,10,17H,5-8H2,(H,16,20)(H,15,19,21)/t10-/m1/s1. The summed E-state index contributed by atoms with van der Waals surface area (Å²) in [5, 5.41) is 2.80. The van der Waals surface area contributed by atoms with Gasteiger partial charge in [0.2, 0.25) is 15.9 Å². The zero-order valence-corrected chi connectivity index (χ0v) is 15.5. The molecule has 4 amide bonds. The monoisotopic (exact) mass is 416 g/mol. The molecule has 2 aliphatic heterocycles. The molecule has 1 atom stereocenters. The molecule has 0 spiro atoms. The number of nitrogens with one attached hydrogen (secondary N) is 3. The predicted molar refractivity (Wildman–Crippen MR) is 91.5 cm³/mol. The van der Waals surface area contributed by atoms with E-state index in [1.54, 1.807) is 0 Å². The first-order chi connectivity index (χ1) is 12.6. The van der Waals surface area contributed by atoms with Crippen molar-refractivity contribution >= 4 is 37.7 Å². The van der Waals surface area contributed by atoms with Crippen LogP contribution in [0.25, 0.3) is 0 Å². The summed E-state index contributed by atoms with van der Waals surface area (Å²) in [6.45, 7) is -0.314. The topological polar surface area (TPSA) is 159 Å². The maximum Gasteiger partial charge on any atom is 0.343 e. The minimum Gasteiger partial charge on any atom is -0.275 e. The van der Waals surface area contributed by atoms with Gasteiger partial charge >= 0.3 is 6.03 Å². The van der Waals surface area contributed by atoms with E-state index in [0.29, 0.717) is 0 Å². The smallest absolute Gasteiger partial charge is 0.275 e. The van der Waals surface area contributed by atoms with E-state index >= 15 is 0 Å². The Kier molecular flexibility index (Phi) is 4.92. The lowest BCUT2D eigenvalue weighted by Crippen LogP contribution is -2.44. The number of imide groups is 1. The number of carbonyl (C=O) groups is 3. The normalized spacial score (nSPS) is 21.9. The van der Waals surface area contributed by atoms with Crippen LogP contribution in [-0.2, 0) is 24.7 Å². The molecule has 146 valence electrons. The SMILES string of the molecule is O=C1CN(NC(=O)c2ccc(S(=O)(=O)N[C@@H]3CCS(=O)(=O)C3)cc2)C(=O)N1. The molecule has 0 aromatic heterocycles. The lowest BCUT2D eigenvalue weighted by molar-refractivity contribution is -0.118. The summed E-state index contributed by atoms with van der Waals surface area (Å²) in [4.78, 5) is 34.4. The molecule has 2 saturated heterocycles. The Morgan fingerprint density at radius 1 is 1.19 bits per heavy atom. The van der Waals surface area contributed by atoms with Crippen molar-refractivity contribution in [1.82, 2.24) is 20.5 Å². The Hall–Kier alpha value is -2.51. The van der Waals surface area contributed by atoms with Gasteiger partial charge in [-0.05, 0) is 30.7 Å². The molecule has 1 aromatic carbocycles. The Morgan fingerprint density at radius 3 is 2.37 bits per heavy atom. The number of urea groups is 1. The Morgan fingerprint density at radius 2 is 1.85 bits per heavy atom. The minimum absolute atomic E-state index is 0.0636. The third kappa shape index (κ3) is 4.43. The molecule has 3 rings (SSSR count). The van der Waals surface area contributed by atoms with Gasteiger partial charge in [-0.2, -0.15) is 0 Å². The number of hydrogen-bond donors (Lipinski definition) is 3. The van der Waals surface area contributed by atoms with E-state index in [4.69, 9.17) is 0 Å². The van der Waals surface area contributed by atoms with E-state index in [2.05, 4.69) is 10.1 Å². The number of nitrogens with zero attached hydrogens (tertiary/aromatic N) is 1. The summed E-state index contributed by atoms with van der Waals surface area (Å²) in [7, 11) is -7.17. The van der Waals surface area contributed by atoms with Gasteiger partial charge in [0, 0.05) is 11.6 Å². The van der Waals surface area contributed by atoms with Gasteiger partial charge in [-0.25, -0.2) is 31.4 Å². The zero-order valence-electron chi connectivity index (χ0n) is 13.8. The first-order valence-electron chi connectivity index (χ1n) is 7.81. The number of amides is 4. The molecule has 27 heavy (non-hydrogen) atoms. The summed E-state index contributed by atoms with van der Waals surface area (Å²) in [6, 6.07) is 3.42. The third-order valence-electron chi connectivity index (χ3n) is 4.01. The molecular formula is C14H16N4O7S2. The highest BCUT2D eigenvalue weighted by Crippen LogP contribution is 2.16. The van der Waals surface area contributed by atoms with Crippen LogP contribution in [0.2, 0.25) is 0 Å².